The molecule has 1 unspecified atom stereocenters. The van der Waals surface area contributed by atoms with Crippen LogP contribution in [0.2, 0.25) is 0 Å². The fourth-order valence-electron chi connectivity index (χ4n) is 2.44. The Bertz CT molecular complexity index is 525. The summed E-state index contributed by atoms with van der Waals surface area (Å²) in [4.78, 5) is 25.9. The minimum absolute atomic E-state index is 0.125. The lowest BCUT2D eigenvalue weighted by Crippen LogP contribution is -2.53. The number of carbonyl (C=O) groups is 2. The molecule has 1 aromatic carbocycles. The smallest absolute Gasteiger partial charge is 0.248 e. The second-order valence-corrected chi connectivity index (χ2v) is 5.65. The van der Waals surface area contributed by atoms with Crippen molar-refractivity contribution in [1.29, 1.82) is 0 Å². The quantitative estimate of drug-likeness (QED) is 0.899. The molecule has 2 amide bonds. The van der Waals surface area contributed by atoms with Gasteiger partial charge in [-0.15, -0.1) is 0 Å². The molecule has 1 aliphatic heterocycles. The van der Waals surface area contributed by atoms with Crippen molar-refractivity contribution in [2.75, 3.05) is 6.54 Å². The molecular weight excluding hydrogens is 259 g/mol. The number of hydrogen-bond donors (Lipinski definition) is 1. The van der Waals surface area contributed by atoms with Gasteiger partial charge in [-0.3, -0.25) is 9.59 Å². The van der Waals surface area contributed by atoms with E-state index >= 15 is 0 Å². The van der Waals surface area contributed by atoms with Gasteiger partial charge in [0.25, 0.3) is 0 Å². The number of benzene rings is 1. The third kappa shape index (κ3) is 2.81. The third-order valence-electron chi connectivity index (χ3n) is 3.65. The zero-order valence-electron chi connectivity index (χ0n) is 11.9. The number of carbonyl (C=O) groups excluding carboxylic acids is 2. The Kier molecular flexibility index (Phi) is 3.79. The maximum absolute atomic E-state index is 13.0. The molecule has 4 nitrogen and oxygen atoms in total. The fourth-order valence-corrected chi connectivity index (χ4v) is 2.44. The average molecular weight is 278 g/mol. The van der Waals surface area contributed by atoms with Gasteiger partial charge in [0.1, 0.15) is 11.4 Å². The molecule has 0 aliphatic carbocycles. The number of hydrogen-bond acceptors (Lipinski definition) is 2. The highest BCUT2D eigenvalue weighted by atomic mass is 19.1. The predicted molar refractivity (Wildman–Crippen MR) is 73.4 cm³/mol. The Balaban J connectivity index is 2.27. The van der Waals surface area contributed by atoms with Crippen LogP contribution in [0.5, 0.6) is 0 Å². The Labute approximate surface area is 118 Å². The first-order valence-electron chi connectivity index (χ1n) is 6.69. The van der Waals surface area contributed by atoms with Crippen LogP contribution in [-0.4, -0.2) is 28.8 Å². The Morgan fingerprint density at radius 1 is 1.25 bits per heavy atom. The van der Waals surface area contributed by atoms with Gasteiger partial charge in [-0.05, 0) is 38.5 Å². The monoisotopic (exact) mass is 278 g/mol. The summed E-state index contributed by atoms with van der Waals surface area (Å²) in [5, 5.41) is 2.72. The zero-order valence-corrected chi connectivity index (χ0v) is 11.9. The van der Waals surface area contributed by atoms with Gasteiger partial charge in [0.15, 0.2) is 0 Å². The lowest BCUT2D eigenvalue weighted by atomic mass is 10.0. The average Bonchev–Trinajstić information content (AvgIpc) is 2.47. The first-order valence-corrected chi connectivity index (χ1v) is 6.69. The summed E-state index contributed by atoms with van der Waals surface area (Å²) >= 11 is 0. The molecule has 108 valence electrons. The molecule has 1 heterocycles. The van der Waals surface area contributed by atoms with Crippen molar-refractivity contribution in [3.05, 3.63) is 35.6 Å². The van der Waals surface area contributed by atoms with Gasteiger partial charge in [0, 0.05) is 13.0 Å². The summed E-state index contributed by atoms with van der Waals surface area (Å²) in [6.07, 6.45) is 0.278. The zero-order chi connectivity index (χ0) is 14.9. The number of halogens is 1. The van der Waals surface area contributed by atoms with Crippen LogP contribution in [-0.2, 0) is 9.59 Å². The molecule has 1 atom stereocenters. The first-order chi connectivity index (χ1) is 9.31. The van der Waals surface area contributed by atoms with E-state index in [4.69, 9.17) is 0 Å². The van der Waals surface area contributed by atoms with Crippen LogP contribution in [0.25, 0.3) is 0 Å². The SMILES string of the molecule is CC(c1ccc(F)cc1)N1CCC(=O)NC(C)(C)C1=O. The molecule has 20 heavy (non-hydrogen) atoms. The van der Waals surface area contributed by atoms with Gasteiger partial charge >= 0.3 is 0 Å². The molecule has 0 spiro atoms. The van der Waals surface area contributed by atoms with E-state index in [1.54, 1.807) is 30.9 Å². The Morgan fingerprint density at radius 3 is 2.45 bits per heavy atom. The molecule has 2 rings (SSSR count). The van der Waals surface area contributed by atoms with E-state index in [0.717, 1.165) is 5.56 Å². The molecule has 1 aromatic rings. The second kappa shape index (κ2) is 5.23. The van der Waals surface area contributed by atoms with E-state index in [0.29, 0.717) is 6.54 Å². The van der Waals surface area contributed by atoms with Crippen LogP contribution in [0.15, 0.2) is 24.3 Å². The van der Waals surface area contributed by atoms with E-state index in [1.165, 1.54) is 12.1 Å². The second-order valence-electron chi connectivity index (χ2n) is 5.65. The van der Waals surface area contributed by atoms with Crippen molar-refractivity contribution in [3.63, 3.8) is 0 Å². The van der Waals surface area contributed by atoms with Crippen LogP contribution in [0.1, 0.15) is 38.8 Å². The lowest BCUT2D eigenvalue weighted by molar-refractivity contribution is -0.139. The number of nitrogens with one attached hydrogen (secondary N) is 1. The standard InChI is InChI=1S/C15H19FN2O2/c1-10(11-4-6-12(16)7-5-11)18-9-8-13(19)17-15(2,3)14(18)20/h4-7,10H,8-9H2,1-3H3,(H,17,19). The normalized spacial score (nSPS) is 20.3. The molecule has 0 bridgehead atoms. The van der Waals surface area contributed by atoms with Crippen molar-refractivity contribution < 1.29 is 14.0 Å². The Hall–Kier alpha value is -1.91. The highest BCUT2D eigenvalue weighted by Crippen LogP contribution is 2.25. The van der Waals surface area contributed by atoms with Crippen molar-refractivity contribution in [1.82, 2.24) is 10.2 Å². The summed E-state index contributed by atoms with van der Waals surface area (Å²) < 4.78 is 13.0. The minimum atomic E-state index is -0.915. The van der Waals surface area contributed by atoms with Crippen LogP contribution in [0.3, 0.4) is 0 Å². The minimum Gasteiger partial charge on any atom is -0.342 e. The van der Waals surface area contributed by atoms with E-state index in [-0.39, 0.29) is 30.1 Å². The third-order valence-corrected chi connectivity index (χ3v) is 3.65. The number of rotatable bonds is 2. The molecule has 1 fully saturated rings. The maximum Gasteiger partial charge on any atom is 0.248 e. The van der Waals surface area contributed by atoms with Crippen molar-refractivity contribution in [2.45, 2.75) is 38.8 Å². The summed E-state index contributed by atoms with van der Waals surface area (Å²) in [7, 11) is 0. The molecule has 5 heteroatoms. The van der Waals surface area contributed by atoms with Crippen LogP contribution < -0.4 is 5.32 Å². The van der Waals surface area contributed by atoms with Gasteiger partial charge < -0.3 is 10.2 Å². The number of amides is 2. The molecule has 0 radical (unpaired) electrons. The van der Waals surface area contributed by atoms with Gasteiger partial charge in [-0.2, -0.15) is 0 Å². The first kappa shape index (κ1) is 14.5. The fraction of sp³-hybridized carbons (Fsp3) is 0.467. The van der Waals surface area contributed by atoms with E-state index < -0.39 is 5.54 Å². The van der Waals surface area contributed by atoms with Gasteiger partial charge in [0.2, 0.25) is 11.8 Å². The van der Waals surface area contributed by atoms with Crippen molar-refractivity contribution >= 4 is 11.8 Å². The summed E-state index contributed by atoms with van der Waals surface area (Å²) in [6, 6.07) is 5.89. The van der Waals surface area contributed by atoms with Crippen molar-refractivity contribution in [2.24, 2.45) is 0 Å². The molecule has 1 aliphatic rings. The lowest BCUT2D eigenvalue weighted by Gasteiger charge is -2.33. The molecular formula is C15H19FN2O2. The van der Waals surface area contributed by atoms with Crippen LogP contribution in [0, 0.1) is 5.82 Å². The van der Waals surface area contributed by atoms with Gasteiger partial charge in [-0.1, -0.05) is 12.1 Å². The summed E-state index contributed by atoms with van der Waals surface area (Å²) in [5.41, 5.74) is -0.0630. The van der Waals surface area contributed by atoms with E-state index in [1.807, 2.05) is 6.92 Å². The maximum atomic E-state index is 13.0. The van der Waals surface area contributed by atoms with Crippen LogP contribution >= 0.6 is 0 Å². The number of nitrogens with zero attached hydrogens (tertiary/aromatic N) is 1. The van der Waals surface area contributed by atoms with Gasteiger partial charge in [0.05, 0.1) is 6.04 Å². The topological polar surface area (TPSA) is 49.4 Å². The largest absolute Gasteiger partial charge is 0.342 e. The summed E-state index contributed by atoms with van der Waals surface area (Å²) in [5.74, 6) is -0.558. The highest BCUT2D eigenvalue weighted by Gasteiger charge is 2.38. The van der Waals surface area contributed by atoms with Gasteiger partial charge in [-0.25, -0.2) is 4.39 Å². The molecule has 1 N–H and O–H groups in total. The Morgan fingerprint density at radius 2 is 1.85 bits per heavy atom. The van der Waals surface area contributed by atoms with Crippen molar-refractivity contribution in [3.8, 4) is 0 Å². The summed E-state index contributed by atoms with van der Waals surface area (Å²) in [6.45, 7) is 5.65. The van der Waals surface area contributed by atoms with E-state index in [2.05, 4.69) is 5.32 Å². The van der Waals surface area contributed by atoms with E-state index in [9.17, 15) is 14.0 Å². The molecule has 0 saturated carbocycles. The van der Waals surface area contributed by atoms with Crippen LogP contribution in [0.4, 0.5) is 4.39 Å². The highest BCUT2D eigenvalue weighted by molar-refractivity contribution is 5.93. The predicted octanol–water partition coefficient (Wildman–Crippen LogP) is 2.01. The molecule has 0 aromatic heterocycles. The molecule has 1 saturated heterocycles.